The molecule has 0 heterocycles. The summed E-state index contributed by atoms with van der Waals surface area (Å²) in [7, 11) is -4.60. The highest BCUT2D eigenvalue weighted by molar-refractivity contribution is 7.46. The Bertz CT molecular complexity index is 580. The molecule has 1 amide bonds. The molecule has 0 saturated heterocycles. The molecule has 1 atom stereocenters. The molecule has 0 aromatic heterocycles. The van der Waals surface area contributed by atoms with Crippen LogP contribution in [-0.4, -0.2) is 40.1 Å². The minimum atomic E-state index is -4.60. The van der Waals surface area contributed by atoms with Crippen LogP contribution >= 0.6 is 7.82 Å². The van der Waals surface area contributed by atoms with Crippen molar-refractivity contribution in [2.24, 2.45) is 0 Å². The molecule has 0 aliphatic carbocycles. The summed E-state index contributed by atoms with van der Waals surface area (Å²) in [4.78, 5) is 28.7. The average molecular weight is 429 g/mol. The lowest BCUT2D eigenvalue weighted by molar-refractivity contribution is -0.121. The van der Waals surface area contributed by atoms with Gasteiger partial charge in [-0.1, -0.05) is 74.8 Å². The van der Waals surface area contributed by atoms with E-state index in [4.69, 9.17) is 9.79 Å². The van der Waals surface area contributed by atoms with Gasteiger partial charge in [0.15, 0.2) is 0 Å². The molecule has 8 heteroatoms. The van der Waals surface area contributed by atoms with Crippen LogP contribution in [-0.2, 0) is 13.9 Å². The number of hydrogen-bond acceptors (Lipinski definition) is 4. The molecule has 166 valence electrons. The van der Waals surface area contributed by atoms with Gasteiger partial charge in [-0.25, -0.2) is 4.57 Å². The highest BCUT2D eigenvalue weighted by Crippen LogP contribution is 2.35. The molecule has 7 nitrogen and oxygen atoms in total. The maximum atomic E-state index is 11.6. The van der Waals surface area contributed by atoms with E-state index in [2.05, 4.69) is 35.0 Å². The van der Waals surface area contributed by atoms with E-state index in [1.807, 2.05) is 30.4 Å². The normalized spacial score (nSPS) is 13.9. The predicted molar refractivity (Wildman–Crippen MR) is 116 cm³/mol. The molecular formula is C21H36NO6P. The number of carbonyl (C=O) groups is 1. The van der Waals surface area contributed by atoms with E-state index in [0.29, 0.717) is 6.42 Å². The number of amides is 1. The maximum Gasteiger partial charge on any atom is 0.469 e. The Morgan fingerprint density at radius 1 is 0.966 bits per heavy atom. The number of hydrogen-bond donors (Lipinski definition) is 4. The molecular weight excluding hydrogens is 393 g/mol. The van der Waals surface area contributed by atoms with Crippen molar-refractivity contribution in [1.29, 1.82) is 0 Å². The van der Waals surface area contributed by atoms with E-state index in [9.17, 15) is 14.5 Å². The van der Waals surface area contributed by atoms with Crippen LogP contribution in [0.25, 0.3) is 0 Å². The summed E-state index contributed by atoms with van der Waals surface area (Å²) < 4.78 is 14.7. The SMILES string of the molecule is CC/C=C/C=C/C=C/C=C/CCCCCCCC(=O)NCC(O)COP(=O)(O)O. The fourth-order valence-electron chi connectivity index (χ4n) is 2.29. The molecule has 4 N–H and O–H groups in total. The van der Waals surface area contributed by atoms with Crippen molar-refractivity contribution < 1.29 is 28.8 Å². The van der Waals surface area contributed by atoms with Crippen LogP contribution in [0.15, 0.2) is 48.6 Å². The van der Waals surface area contributed by atoms with E-state index in [1.165, 1.54) is 0 Å². The molecule has 0 aliphatic heterocycles. The van der Waals surface area contributed by atoms with Crippen LogP contribution in [0.5, 0.6) is 0 Å². The Hall–Kier alpha value is -1.50. The third-order valence-electron chi connectivity index (χ3n) is 3.81. The number of carbonyl (C=O) groups excluding carboxylic acids is 1. The fraction of sp³-hybridized carbons (Fsp3) is 0.571. The summed E-state index contributed by atoms with van der Waals surface area (Å²) in [6.45, 7) is 1.49. The first-order valence-electron chi connectivity index (χ1n) is 10.1. The van der Waals surface area contributed by atoms with Crippen LogP contribution < -0.4 is 5.32 Å². The second-order valence-electron chi connectivity index (χ2n) is 6.59. The van der Waals surface area contributed by atoms with Crippen molar-refractivity contribution in [3.63, 3.8) is 0 Å². The van der Waals surface area contributed by atoms with Crippen molar-refractivity contribution >= 4 is 13.7 Å². The largest absolute Gasteiger partial charge is 0.469 e. The van der Waals surface area contributed by atoms with Gasteiger partial charge < -0.3 is 20.2 Å². The number of allylic oxidation sites excluding steroid dienone is 8. The summed E-state index contributed by atoms with van der Waals surface area (Å²) in [5, 5.41) is 12.0. The highest BCUT2D eigenvalue weighted by Gasteiger charge is 2.17. The summed E-state index contributed by atoms with van der Waals surface area (Å²) in [6.07, 6.45) is 22.8. The summed E-state index contributed by atoms with van der Waals surface area (Å²) >= 11 is 0. The number of phosphoric acid groups is 1. The molecule has 0 aromatic rings. The van der Waals surface area contributed by atoms with E-state index >= 15 is 0 Å². The molecule has 0 radical (unpaired) electrons. The first kappa shape index (κ1) is 27.5. The van der Waals surface area contributed by atoms with E-state index in [1.54, 1.807) is 0 Å². The van der Waals surface area contributed by atoms with Crippen LogP contribution in [0.3, 0.4) is 0 Å². The Morgan fingerprint density at radius 2 is 1.55 bits per heavy atom. The lowest BCUT2D eigenvalue weighted by Gasteiger charge is -2.12. The van der Waals surface area contributed by atoms with Crippen LogP contribution in [0.1, 0.15) is 58.3 Å². The lowest BCUT2D eigenvalue weighted by Crippen LogP contribution is -2.34. The molecule has 0 spiro atoms. The smallest absolute Gasteiger partial charge is 0.389 e. The van der Waals surface area contributed by atoms with E-state index in [-0.39, 0.29) is 12.5 Å². The molecule has 29 heavy (non-hydrogen) atoms. The zero-order valence-electron chi connectivity index (χ0n) is 17.3. The quantitative estimate of drug-likeness (QED) is 0.158. The zero-order valence-corrected chi connectivity index (χ0v) is 18.2. The van der Waals surface area contributed by atoms with E-state index in [0.717, 1.165) is 44.9 Å². The Morgan fingerprint density at radius 3 is 2.21 bits per heavy atom. The maximum absolute atomic E-state index is 11.6. The molecule has 0 fully saturated rings. The number of aliphatic hydroxyl groups is 1. The molecule has 0 saturated carbocycles. The van der Waals surface area contributed by atoms with Gasteiger partial charge in [0, 0.05) is 13.0 Å². The molecule has 1 unspecified atom stereocenters. The summed E-state index contributed by atoms with van der Waals surface area (Å²) in [5.74, 6) is -0.186. The Balaban J connectivity index is 3.53. The summed E-state index contributed by atoms with van der Waals surface area (Å²) in [5.41, 5.74) is 0. The monoisotopic (exact) mass is 429 g/mol. The van der Waals surface area contributed by atoms with Crippen LogP contribution in [0.4, 0.5) is 0 Å². The van der Waals surface area contributed by atoms with E-state index < -0.39 is 20.5 Å². The first-order chi connectivity index (χ1) is 13.8. The van der Waals surface area contributed by atoms with Gasteiger partial charge in [-0.3, -0.25) is 9.32 Å². The standard InChI is InChI=1S/C21H36NO6P/c1-2-3-4-5-6-7-8-9-10-11-12-13-14-15-16-17-21(24)22-18-20(23)19-28-29(25,26)27/h3-10,20,23H,2,11-19H2,1H3,(H,22,24)(H2,25,26,27)/b4-3+,6-5+,8-7+,10-9+. The number of unbranched alkanes of at least 4 members (excludes halogenated alkanes) is 5. The number of nitrogens with one attached hydrogen (secondary N) is 1. The Labute approximate surface area is 174 Å². The van der Waals surface area contributed by atoms with Crippen molar-refractivity contribution in [3.05, 3.63) is 48.6 Å². The van der Waals surface area contributed by atoms with Crippen molar-refractivity contribution in [2.45, 2.75) is 64.4 Å². The number of phosphoric ester groups is 1. The van der Waals surface area contributed by atoms with Gasteiger partial charge in [-0.15, -0.1) is 0 Å². The minimum Gasteiger partial charge on any atom is -0.389 e. The molecule has 0 aliphatic rings. The van der Waals surface area contributed by atoms with Gasteiger partial charge in [0.2, 0.25) is 5.91 Å². The lowest BCUT2D eigenvalue weighted by atomic mass is 10.1. The van der Waals surface area contributed by atoms with Crippen molar-refractivity contribution in [3.8, 4) is 0 Å². The third kappa shape index (κ3) is 22.7. The third-order valence-corrected chi connectivity index (χ3v) is 4.29. The average Bonchev–Trinajstić information content (AvgIpc) is 2.67. The van der Waals surface area contributed by atoms with Gasteiger partial charge in [0.1, 0.15) is 0 Å². The van der Waals surface area contributed by atoms with Gasteiger partial charge in [0.25, 0.3) is 0 Å². The molecule has 0 rings (SSSR count). The molecule has 0 bridgehead atoms. The van der Waals surface area contributed by atoms with Gasteiger partial charge >= 0.3 is 7.82 Å². The molecule has 0 aromatic carbocycles. The highest BCUT2D eigenvalue weighted by atomic mass is 31.2. The van der Waals surface area contributed by atoms with Crippen LogP contribution in [0, 0.1) is 0 Å². The topological polar surface area (TPSA) is 116 Å². The fourth-order valence-corrected chi connectivity index (χ4v) is 2.65. The first-order valence-corrected chi connectivity index (χ1v) is 11.7. The number of rotatable bonds is 17. The predicted octanol–water partition coefficient (Wildman–Crippen LogP) is 3.94. The zero-order chi connectivity index (χ0) is 21.8. The van der Waals surface area contributed by atoms with Gasteiger partial charge in [0.05, 0.1) is 12.7 Å². The summed E-state index contributed by atoms with van der Waals surface area (Å²) in [6, 6.07) is 0. The number of aliphatic hydroxyl groups excluding tert-OH is 1. The van der Waals surface area contributed by atoms with Gasteiger partial charge in [-0.05, 0) is 25.7 Å². The second-order valence-corrected chi connectivity index (χ2v) is 7.82. The minimum absolute atomic E-state index is 0.0924. The Kier molecular flexibility index (Phi) is 17.6. The van der Waals surface area contributed by atoms with Gasteiger partial charge in [-0.2, -0.15) is 0 Å². The van der Waals surface area contributed by atoms with Crippen LogP contribution in [0.2, 0.25) is 0 Å². The van der Waals surface area contributed by atoms with Crippen molar-refractivity contribution in [2.75, 3.05) is 13.2 Å². The van der Waals surface area contributed by atoms with Crippen molar-refractivity contribution in [1.82, 2.24) is 5.32 Å². The second kappa shape index (κ2) is 18.5.